The zero-order chi connectivity index (χ0) is 25.7. The maximum Gasteiger partial charge on any atom is 0.200 e. The molecule has 2 heterocycles. The van der Waals surface area contributed by atoms with Crippen LogP contribution in [0.2, 0.25) is 0 Å². The topological polar surface area (TPSA) is 87.7 Å². The Morgan fingerprint density at radius 3 is 2.53 bits per heavy atom. The monoisotopic (exact) mass is 512 g/mol. The molecule has 188 valence electrons. The predicted octanol–water partition coefficient (Wildman–Crippen LogP) is 5.88. The molecule has 6 nitrogen and oxygen atoms in total. The number of rotatable bonds is 4. The highest BCUT2D eigenvalue weighted by Crippen LogP contribution is 2.48. The van der Waals surface area contributed by atoms with Crippen molar-refractivity contribution in [2.75, 3.05) is 16.4 Å². The van der Waals surface area contributed by atoms with Crippen LogP contribution < -0.4 is 15.4 Å². The highest BCUT2D eigenvalue weighted by molar-refractivity contribution is 7.95. The van der Waals surface area contributed by atoms with Crippen LogP contribution in [0.1, 0.15) is 37.4 Å². The van der Waals surface area contributed by atoms with E-state index in [0.717, 1.165) is 5.56 Å². The van der Waals surface area contributed by atoms with Gasteiger partial charge in [-0.3, -0.25) is 0 Å². The molecule has 0 bridgehead atoms. The van der Waals surface area contributed by atoms with Gasteiger partial charge in [0.05, 0.1) is 22.4 Å². The molecule has 9 heteroatoms. The van der Waals surface area contributed by atoms with Crippen LogP contribution in [0.15, 0.2) is 71.3 Å². The molecule has 2 aliphatic rings. The van der Waals surface area contributed by atoms with Gasteiger partial charge in [-0.2, -0.15) is 4.39 Å². The van der Waals surface area contributed by atoms with E-state index in [1.165, 1.54) is 18.2 Å². The fourth-order valence-corrected chi connectivity index (χ4v) is 7.19. The number of halogens is 2. The molecule has 0 spiro atoms. The molecule has 0 aliphatic carbocycles. The number of benzene rings is 3. The Balaban J connectivity index is 1.60. The smallest absolute Gasteiger partial charge is 0.200 e. The first kappa shape index (κ1) is 24.1. The van der Waals surface area contributed by atoms with Gasteiger partial charge >= 0.3 is 0 Å². The Bertz CT molecular complexity index is 1470. The quantitative estimate of drug-likeness (QED) is 0.378. The van der Waals surface area contributed by atoms with Gasteiger partial charge in [0.15, 0.2) is 21.4 Å². The Morgan fingerprint density at radius 1 is 1.03 bits per heavy atom. The summed E-state index contributed by atoms with van der Waals surface area (Å²) in [7, 11) is -3.88. The first-order valence-corrected chi connectivity index (χ1v) is 13.2. The standard InChI is InChI=1S/C27H26F2N2O4S/c1-27(2)13-19-26(36(33,34)15-27)24(30-18-9-6-10-20(32)25(18)31-19)17-11-12-21(23(29)22(17)28)35-14-16-7-4-3-5-8-16/h3-12,24,30-32H,13-15H2,1-2H3/t24-/m1/s1. The number of phenolic OH excluding ortho intramolecular Hbond substituents is 1. The van der Waals surface area contributed by atoms with E-state index >= 15 is 8.78 Å². The first-order valence-electron chi connectivity index (χ1n) is 11.5. The van der Waals surface area contributed by atoms with Crippen molar-refractivity contribution in [2.45, 2.75) is 32.9 Å². The van der Waals surface area contributed by atoms with Gasteiger partial charge in [-0.05, 0) is 41.7 Å². The van der Waals surface area contributed by atoms with Crippen molar-refractivity contribution >= 4 is 21.2 Å². The zero-order valence-electron chi connectivity index (χ0n) is 19.8. The van der Waals surface area contributed by atoms with E-state index in [2.05, 4.69) is 10.6 Å². The molecule has 0 radical (unpaired) electrons. The van der Waals surface area contributed by atoms with Crippen molar-refractivity contribution in [3.05, 3.63) is 94.0 Å². The van der Waals surface area contributed by atoms with E-state index in [9.17, 15) is 13.5 Å². The normalized spacial score (nSPS) is 19.8. The number of allylic oxidation sites excluding steroid dienone is 1. The van der Waals surface area contributed by atoms with Crippen molar-refractivity contribution in [2.24, 2.45) is 5.41 Å². The van der Waals surface area contributed by atoms with Crippen LogP contribution in [0, 0.1) is 17.0 Å². The number of sulfone groups is 1. The molecule has 3 aromatic rings. The van der Waals surface area contributed by atoms with Crippen LogP contribution in [0.5, 0.6) is 11.5 Å². The summed E-state index contributed by atoms with van der Waals surface area (Å²) in [5.74, 6) is -2.91. The molecule has 5 rings (SSSR count). The molecule has 0 amide bonds. The van der Waals surface area contributed by atoms with Gasteiger partial charge in [-0.15, -0.1) is 0 Å². The second-order valence-corrected chi connectivity index (χ2v) is 11.9. The van der Waals surface area contributed by atoms with Crippen LogP contribution in [-0.2, 0) is 16.4 Å². The molecule has 0 saturated heterocycles. The molecule has 2 aliphatic heterocycles. The summed E-state index contributed by atoms with van der Waals surface area (Å²) in [6, 6.07) is 15.2. The minimum atomic E-state index is -3.88. The molecule has 0 aromatic heterocycles. The predicted molar refractivity (Wildman–Crippen MR) is 134 cm³/mol. The first-order chi connectivity index (χ1) is 17.1. The third-order valence-corrected chi connectivity index (χ3v) is 8.69. The lowest BCUT2D eigenvalue weighted by molar-refractivity contribution is 0.284. The zero-order valence-corrected chi connectivity index (χ0v) is 20.6. The lowest BCUT2D eigenvalue weighted by Gasteiger charge is -2.34. The van der Waals surface area contributed by atoms with Crippen molar-refractivity contribution in [3.63, 3.8) is 0 Å². The van der Waals surface area contributed by atoms with Gasteiger partial charge in [0.1, 0.15) is 18.0 Å². The van der Waals surface area contributed by atoms with E-state index in [0.29, 0.717) is 17.8 Å². The van der Waals surface area contributed by atoms with Crippen molar-refractivity contribution in [3.8, 4) is 11.5 Å². The van der Waals surface area contributed by atoms with Crippen molar-refractivity contribution in [1.82, 2.24) is 0 Å². The maximum absolute atomic E-state index is 15.5. The minimum Gasteiger partial charge on any atom is -0.506 e. The van der Waals surface area contributed by atoms with Crippen LogP contribution in [-0.4, -0.2) is 19.3 Å². The summed E-state index contributed by atoms with van der Waals surface area (Å²) < 4.78 is 63.2. The molecule has 1 atom stereocenters. The van der Waals surface area contributed by atoms with E-state index in [-0.39, 0.29) is 40.0 Å². The van der Waals surface area contributed by atoms with E-state index in [1.54, 1.807) is 24.3 Å². The summed E-state index contributed by atoms with van der Waals surface area (Å²) in [6.45, 7) is 3.70. The SMILES string of the molecule is CC1(C)CC2=C([C@@H](c3ccc(OCc4ccccc4)c(F)c3F)Nc3cccc(O)c3N2)S(=O)(=O)C1. The number of phenols is 1. The number of fused-ring (bicyclic) bond motifs is 1. The maximum atomic E-state index is 15.5. The van der Waals surface area contributed by atoms with E-state index in [1.807, 2.05) is 32.0 Å². The Labute approximate surface area is 208 Å². The molecule has 0 fully saturated rings. The van der Waals surface area contributed by atoms with Crippen LogP contribution in [0.4, 0.5) is 20.2 Å². The molecular weight excluding hydrogens is 486 g/mol. The summed E-state index contributed by atoms with van der Waals surface area (Å²) in [4.78, 5) is -0.0614. The molecule has 0 saturated carbocycles. The number of ether oxygens (including phenoxy) is 1. The number of nitrogens with one attached hydrogen (secondary N) is 2. The van der Waals surface area contributed by atoms with Gasteiger partial charge in [0, 0.05) is 11.3 Å². The lowest BCUT2D eigenvalue weighted by Crippen LogP contribution is -2.35. The van der Waals surface area contributed by atoms with Gasteiger partial charge < -0.3 is 20.5 Å². The lowest BCUT2D eigenvalue weighted by atomic mass is 9.88. The second kappa shape index (κ2) is 8.81. The molecule has 3 N–H and O–H groups in total. The van der Waals surface area contributed by atoms with Crippen molar-refractivity contribution < 1.29 is 27.0 Å². The van der Waals surface area contributed by atoms with Crippen molar-refractivity contribution in [1.29, 1.82) is 0 Å². The second-order valence-electron chi connectivity index (χ2n) is 9.90. The van der Waals surface area contributed by atoms with Gasteiger partial charge in [-0.25, -0.2) is 12.8 Å². The number of hydrogen-bond acceptors (Lipinski definition) is 6. The number of hydrogen-bond donors (Lipinski definition) is 3. The summed E-state index contributed by atoms with van der Waals surface area (Å²) >= 11 is 0. The Morgan fingerprint density at radius 2 is 1.78 bits per heavy atom. The summed E-state index contributed by atoms with van der Waals surface area (Å²) in [6.07, 6.45) is 0.343. The average molecular weight is 513 g/mol. The highest BCUT2D eigenvalue weighted by Gasteiger charge is 2.44. The van der Waals surface area contributed by atoms with Gasteiger partial charge in [-0.1, -0.05) is 50.2 Å². The van der Waals surface area contributed by atoms with E-state index < -0.39 is 32.9 Å². The third-order valence-electron chi connectivity index (χ3n) is 6.37. The number of para-hydroxylation sites is 1. The number of aromatic hydroxyl groups is 1. The van der Waals surface area contributed by atoms with Crippen LogP contribution >= 0.6 is 0 Å². The van der Waals surface area contributed by atoms with Gasteiger partial charge in [0.25, 0.3) is 0 Å². The Kier molecular flexibility index (Phi) is 5.90. The van der Waals surface area contributed by atoms with Crippen LogP contribution in [0.25, 0.3) is 0 Å². The third kappa shape index (κ3) is 4.39. The molecule has 0 unspecified atom stereocenters. The fourth-order valence-electron chi connectivity index (χ4n) is 4.86. The highest BCUT2D eigenvalue weighted by atomic mass is 32.2. The van der Waals surface area contributed by atoms with E-state index in [4.69, 9.17) is 4.74 Å². The average Bonchev–Trinajstić information content (AvgIpc) is 2.97. The van der Waals surface area contributed by atoms with Gasteiger partial charge in [0.2, 0.25) is 5.82 Å². The minimum absolute atomic E-state index is 0.0492. The van der Waals surface area contributed by atoms with Crippen LogP contribution in [0.3, 0.4) is 0 Å². The fraction of sp³-hybridized carbons (Fsp3) is 0.259. The largest absolute Gasteiger partial charge is 0.506 e. The molecular formula is C27H26F2N2O4S. The summed E-state index contributed by atoms with van der Waals surface area (Å²) in [5, 5.41) is 16.6. The Hall–Kier alpha value is -3.59. The molecule has 36 heavy (non-hydrogen) atoms. The number of anilines is 2. The molecule has 3 aromatic carbocycles. The summed E-state index contributed by atoms with van der Waals surface area (Å²) in [5.41, 5.74) is 1.01.